The van der Waals surface area contributed by atoms with E-state index >= 15 is 0 Å². The van der Waals surface area contributed by atoms with E-state index in [1.807, 2.05) is 6.92 Å². The number of nitrogens with two attached hydrogens (primary N) is 1. The minimum atomic E-state index is -0.630. The van der Waals surface area contributed by atoms with E-state index in [9.17, 15) is 14.9 Å². The van der Waals surface area contributed by atoms with Crippen molar-refractivity contribution in [1.82, 2.24) is 0 Å². The Morgan fingerprint density at radius 3 is 2.62 bits per heavy atom. The first-order valence-electron chi connectivity index (χ1n) is 6.00. The number of rotatable bonds is 3. The van der Waals surface area contributed by atoms with Crippen LogP contribution in [0.2, 0.25) is 5.02 Å². The predicted molar refractivity (Wildman–Crippen MR) is 81.7 cm³/mol. The normalized spacial score (nSPS) is 10.2. The van der Waals surface area contributed by atoms with Crippen LogP contribution in [0, 0.1) is 17.0 Å². The maximum Gasteiger partial charge on any atom is 0.292 e. The standard InChI is InChI=1S/C14H12ClN3O3/c1-8-2-4-10(7-11(8)15)17-14(19)9-3-5-12(16)13(6-9)18(20)21/h2-7H,16H2,1H3,(H,17,19). The first kappa shape index (κ1) is 14.8. The summed E-state index contributed by atoms with van der Waals surface area (Å²) in [4.78, 5) is 22.3. The van der Waals surface area contributed by atoms with Crippen molar-refractivity contribution in [3.8, 4) is 0 Å². The fourth-order valence-electron chi connectivity index (χ4n) is 1.72. The smallest absolute Gasteiger partial charge is 0.292 e. The molecule has 0 heterocycles. The number of carbonyl (C=O) groups is 1. The van der Waals surface area contributed by atoms with Gasteiger partial charge in [-0.3, -0.25) is 14.9 Å². The third-order valence-electron chi connectivity index (χ3n) is 2.92. The number of anilines is 2. The highest BCUT2D eigenvalue weighted by atomic mass is 35.5. The van der Waals surface area contributed by atoms with Gasteiger partial charge in [-0.1, -0.05) is 17.7 Å². The van der Waals surface area contributed by atoms with E-state index in [0.717, 1.165) is 11.6 Å². The van der Waals surface area contributed by atoms with Gasteiger partial charge in [0.1, 0.15) is 5.69 Å². The average molecular weight is 306 g/mol. The number of benzene rings is 2. The zero-order chi connectivity index (χ0) is 15.6. The van der Waals surface area contributed by atoms with Crippen molar-refractivity contribution in [3.63, 3.8) is 0 Å². The molecule has 3 N–H and O–H groups in total. The van der Waals surface area contributed by atoms with Crippen LogP contribution in [-0.4, -0.2) is 10.8 Å². The zero-order valence-corrected chi connectivity index (χ0v) is 11.8. The fourth-order valence-corrected chi connectivity index (χ4v) is 1.90. The highest BCUT2D eigenvalue weighted by Gasteiger charge is 2.15. The highest BCUT2D eigenvalue weighted by Crippen LogP contribution is 2.24. The Morgan fingerprint density at radius 2 is 2.00 bits per heavy atom. The summed E-state index contributed by atoms with van der Waals surface area (Å²) in [5.41, 5.74) is 6.74. The summed E-state index contributed by atoms with van der Waals surface area (Å²) in [6.45, 7) is 1.84. The molecule has 6 nitrogen and oxygen atoms in total. The molecule has 2 aromatic rings. The molecule has 0 aliphatic carbocycles. The quantitative estimate of drug-likeness (QED) is 0.516. The average Bonchev–Trinajstić information content (AvgIpc) is 2.43. The first-order valence-corrected chi connectivity index (χ1v) is 6.37. The summed E-state index contributed by atoms with van der Waals surface area (Å²) >= 11 is 5.97. The Bertz CT molecular complexity index is 731. The SMILES string of the molecule is Cc1ccc(NC(=O)c2ccc(N)c([N+](=O)[O-])c2)cc1Cl. The number of aryl methyl sites for hydroxylation is 1. The van der Waals surface area contributed by atoms with Gasteiger partial charge in [0.25, 0.3) is 11.6 Å². The van der Waals surface area contributed by atoms with Crippen LogP contribution in [0.3, 0.4) is 0 Å². The van der Waals surface area contributed by atoms with E-state index in [2.05, 4.69) is 5.32 Å². The second-order valence-electron chi connectivity index (χ2n) is 4.45. The van der Waals surface area contributed by atoms with Gasteiger partial charge in [0.15, 0.2) is 0 Å². The lowest BCUT2D eigenvalue weighted by Gasteiger charge is -2.07. The van der Waals surface area contributed by atoms with Gasteiger partial charge in [0, 0.05) is 22.3 Å². The third-order valence-corrected chi connectivity index (χ3v) is 3.33. The maximum atomic E-state index is 12.1. The Labute approximate surface area is 125 Å². The number of hydrogen-bond acceptors (Lipinski definition) is 4. The number of halogens is 1. The molecule has 0 unspecified atom stereocenters. The number of nitrogen functional groups attached to an aromatic ring is 1. The van der Waals surface area contributed by atoms with Crippen LogP contribution in [0.4, 0.5) is 17.1 Å². The molecule has 21 heavy (non-hydrogen) atoms. The molecule has 0 spiro atoms. The molecule has 0 aliphatic rings. The molecule has 2 rings (SSSR count). The lowest BCUT2D eigenvalue weighted by Crippen LogP contribution is -2.12. The van der Waals surface area contributed by atoms with Crippen molar-refractivity contribution in [2.75, 3.05) is 11.1 Å². The first-order chi connectivity index (χ1) is 9.88. The molecular formula is C14H12ClN3O3. The van der Waals surface area contributed by atoms with Gasteiger partial charge in [0.2, 0.25) is 0 Å². The molecule has 0 radical (unpaired) electrons. The summed E-state index contributed by atoms with van der Waals surface area (Å²) in [6, 6.07) is 8.97. The monoisotopic (exact) mass is 305 g/mol. The summed E-state index contributed by atoms with van der Waals surface area (Å²) in [7, 11) is 0. The molecule has 0 aliphatic heterocycles. The molecule has 108 valence electrons. The van der Waals surface area contributed by atoms with Crippen molar-refractivity contribution in [2.24, 2.45) is 0 Å². The Balaban J connectivity index is 2.26. The molecule has 0 bridgehead atoms. The van der Waals surface area contributed by atoms with Gasteiger partial charge in [-0.2, -0.15) is 0 Å². The fraction of sp³-hybridized carbons (Fsp3) is 0.0714. The van der Waals surface area contributed by atoms with Crippen molar-refractivity contribution in [2.45, 2.75) is 6.92 Å². The van der Waals surface area contributed by atoms with Crippen molar-refractivity contribution in [1.29, 1.82) is 0 Å². The minimum Gasteiger partial charge on any atom is -0.393 e. The summed E-state index contributed by atoms with van der Waals surface area (Å²) in [6.07, 6.45) is 0. The van der Waals surface area contributed by atoms with Crippen molar-refractivity contribution >= 4 is 34.6 Å². The van der Waals surface area contributed by atoms with Gasteiger partial charge in [-0.25, -0.2) is 0 Å². The van der Waals surface area contributed by atoms with Gasteiger partial charge in [-0.15, -0.1) is 0 Å². The number of nitrogens with zero attached hydrogens (tertiary/aromatic N) is 1. The molecule has 0 saturated heterocycles. The Hall–Kier alpha value is -2.60. The molecular weight excluding hydrogens is 294 g/mol. The molecule has 7 heteroatoms. The van der Waals surface area contributed by atoms with Gasteiger partial charge >= 0.3 is 0 Å². The number of nitro benzene ring substituents is 1. The number of amides is 1. The molecule has 0 atom stereocenters. The van der Waals surface area contributed by atoms with Crippen LogP contribution < -0.4 is 11.1 Å². The molecule has 0 fully saturated rings. The number of hydrogen-bond donors (Lipinski definition) is 2. The number of nitro groups is 1. The molecule has 1 amide bonds. The van der Waals surface area contributed by atoms with Gasteiger partial charge in [0.05, 0.1) is 4.92 Å². The largest absolute Gasteiger partial charge is 0.393 e. The lowest BCUT2D eigenvalue weighted by atomic mass is 10.1. The van der Waals surface area contributed by atoms with E-state index in [-0.39, 0.29) is 16.9 Å². The molecule has 0 saturated carbocycles. The van der Waals surface area contributed by atoms with E-state index in [1.54, 1.807) is 18.2 Å². The lowest BCUT2D eigenvalue weighted by molar-refractivity contribution is -0.383. The summed E-state index contributed by atoms with van der Waals surface area (Å²) < 4.78 is 0. The maximum absolute atomic E-state index is 12.1. The van der Waals surface area contributed by atoms with Crippen molar-refractivity contribution in [3.05, 3.63) is 62.7 Å². The van der Waals surface area contributed by atoms with Crippen LogP contribution in [0.25, 0.3) is 0 Å². The summed E-state index contributed by atoms with van der Waals surface area (Å²) in [5.74, 6) is -0.474. The number of carbonyl (C=O) groups excluding carboxylic acids is 1. The second kappa shape index (κ2) is 5.80. The van der Waals surface area contributed by atoms with Crippen LogP contribution in [-0.2, 0) is 0 Å². The minimum absolute atomic E-state index is 0.00919. The molecule has 2 aromatic carbocycles. The Morgan fingerprint density at radius 1 is 1.29 bits per heavy atom. The molecule has 0 aromatic heterocycles. The van der Waals surface area contributed by atoms with E-state index in [1.165, 1.54) is 12.1 Å². The van der Waals surface area contributed by atoms with Crippen LogP contribution >= 0.6 is 11.6 Å². The van der Waals surface area contributed by atoms with Crippen LogP contribution in [0.5, 0.6) is 0 Å². The zero-order valence-electron chi connectivity index (χ0n) is 11.1. The highest BCUT2D eigenvalue weighted by molar-refractivity contribution is 6.31. The van der Waals surface area contributed by atoms with E-state index < -0.39 is 10.8 Å². The topological polar surface area (TPSA) is 98.3 Å². The Kier molecular flexibility index (Phi) is 4.09. The van der Waals surface area contributed by atoms with Crippen LogP contribution in [0.1, 0.15) is 15.9 Å². The van der Waals surface area contributed by atoms with Gasteiger partial charge < -0.3 is 11.1 Å². The van der Waals surface area contributed by atoms with Crippen LogP contribution in [0.15, 0.2) is 36.4 Å². The number of nitrogens with one attached hydrogen (secondary N) is 1. The van der Waals surface area contributed by atoms with Crippen molar-refractivity contribution < 1.29 is 9.72 Å². The van der Waals surface area contributed by atoms with E-state index in [4.69, 9.17) is 17.3 Å². The predicted octanol–water partition coefficient (Wildman–Crippen LogP) is 3.39. The summed E-state index contributed by atoms with van der Waals surface area (Å²) in [5, 5.41) is 14.0. The second-order valence-corrected chi connectivity index (χ2v) is 4.86. The van der Waals surface area contributed by atoms with Gasteiger partial charge in [-0.05, 0) is 36.8 Å². The third kappa shape index (κ3) is 3.29. The van der Waals surface area contributed by atoms with E-state index in [0.29, 0.717) is 10.7 Å².